The van der Waals surface area contributed by atoms with Crippen molar-refractivity contribution in [2.24, 2.45) is 0 Å². The summed E-state index contributed by atoms with van der Waals surface area (Å²) in [5.74, 6) is -0.226. The van der Waals surface area contributed by atoms with Gasteiger partial charge in [-0.3, -0.25) is 14.8 Å². The van der Waals surface area contributed by atoms with Crippen LogP contribution in [0, 0.1) is 5.82 Å². The Labute approximate surface area is 305 Å². The van der Waals surface area contributed by atoms with E-state index in [4.69, 9.17) is 27.9 Å². The van der Waals surface area contributed by atoms with E-state index < -0.39 is 11.4 Å². The number of nitrogens with zero attached hydrogens (tertiary/aromatic N) is 4. The number of halogens is 3. The number of carbonyl (C=O) groups is 1. The predicted octanol–water partition coefficient (Wildman–Crippen LogP) is 4.63. The minimum Gasteiger partial charge on any atom is -0.850 e. The van der Waals surface area contributed by atoms with Crippen LogP contribution < -0.4 is 56.5 Å². The first-order valence-corrected chi connectivity index (χ1v) is 15.1. The molecule has 0 N–H and O–H groups in total. The fourth-order valence-corrected chi connectivity index (χ4v) is 5.42. The van der Waals surface area contributed by atoms with Gasteiger partial charge in [-0.2, -0.15) is 0 Å². The van der Waals surface area contributed by atoms with Crippen molar-refractivity contribution >= 4 is 72.7 Å². The third kappa shape index (κ3) is 12.0. The van der Waals surface area contributed by atoms with Gasteiger partial charge in [0.2, 0.25) is 0 Å². The average molecular weight is 674 g/mol. The molecule has 0 saturated heterocycles. The number of ether oxygens (including phenoxy) is 1. The number of pyridine rings is 4. The smallest absolute Gasteiger partial charge is 0.850 e. The molecule has 0 saturated carbocycles. The van der Waals surface area contributed by atoms with Crippen LogP contribution >= 0.6 is 46.3 Å². The summed E-state index contributed by atoms with van der Waals surface area (Å²) in [6.07, 6.45) is 3.54. The number of hydrogen-bond donors (Lipinski definition) is 0. The summed E-state index contributed by atoms with van der Waals surface area (Å²) in [6.45, 7) is 7.01. The third-order valence-electron chi connectivity index (χ3n) is 4.72. The Balaban J connectivity index is 0.000000262. The second kappa shape index (κ2) is 17.9. The Bertz CT molecular complexity index is 1610. The van der Waals surface area contributed by atoms with Gasteiger partial charge in [0.25, 0.3) is 0 Å². The van der Waals surface area contributed by atoms with Crippen LogP contribution in [0.1, 0.15) is 34.1 Å². The molecule has 5 aromatic rings. The summed E-state index contributed by atoms with van der Waals surface area (Å²) in [5, 5.41) is 10.9. The summed E-state index contributed by atoms with van der Waals surface area (Å²) in [7, 11) is 0. The normalized spacial score (nSPS) is 10.7. The third-order valence-corrected chi connectivity index (χ3v) is 7.28. The summed E-state index contributed by atoms with van der Waals surface area (Å²) in [6, 6.07) is 14.0. The first kappa shape index (κ1) is 36.9. The molecule has 0 unspecified atom stereocenters. The molecule has 5 heterocycles. The van der Waals surface area contributed by atoms with Crippen molar-refractivity contribution in [3.05, 3.63) is 77.0 Å². The molecule has 0 aliphatic carbocycles. The maximum Gasteiger partial charge on any atom is 1.00 e. The van der Waals surface area contributed by atoms with Gasteiger partial charge in [-0.1, -0.05) is 44.0 Å². The van der Waals surface area contributed by atoms with Gasteiger partial charge in [-0.15, -0.1) is 28.7 Å². The summed E-state index contributed by atoms with van der Waals surface area (Å²) >= 11 is 14.8. The topological polar surface area (TPSA) is 101 Å². The van der Waals surface area contributed by atoms with Crippen LogP contribution in [-0.2, 0) is 9.53 Å². The minimum atomic E-state index is -0.750. The Kier molecular flexibility index (Phi) is 15.7. The second-order valence-electron chi connectivity index (χ2n) is 9.26. The van der Waals surface area contributed by atoms with Gasteiger partial charge in [0.1, 0.15) is 32.7 Å². The number of thiophene rings is 1. The molecule has 0 aliphatic heterocycles. The zero-order valence-electron chi connectivity index (χ0n) is 23.9. The van der Waals surface area contributed by atoms with Gasteiger partial charge in [0, 0.05) is 23.0 Å². The number of esters is 1. The quantitative estimate of drug-likeness (QED) is 0.111. The fourth-order valence-electron chi connectivity index (χ4n) is 3.19. The molecule has 5 aromatic heterocycles. The molecule has 13 heteroatoms. The molecule has 0 fully saturated rings. The Hall–Kier alpha value is -1.25. The fraction of sp³-hybridized carbons (Fsp3) is 0.276. The molecular weight excluding hydrogens is 645 g/mol. The average Bonchev–Trinajstić information content (AvgIpc) is 3.27. The van der Waals surface area contributed by atoms with Crippen molar-refractivity contribution in [3.8, 4) is 11.4 Å². The van der Waals surface area contributed by atoms with Crippen molar-refractivity contribution in [1.82, 2.24) is 19.9 Å². The zero-order chi connectivity index (χ0) is 30.0. The monoisotopic (exact) mass is 672 g/mol. The number of carbonyl (C=O) groups excluding carboxylic acids is 1. The van der Waals surface area contributed by atoms with Crippen molar-refractivity contribution in [2.45, 2.75) is 44.6 Å². The van der Waals surface area contributed by atoms with E-state index >= 15 is 0 Å². The van der Waals surface area contributed by atoms with E-state index in [1.165, 1.54) is 30.1 Å². The molecule has 0 radical (unpaired) electrons. The SMILES string of the molecule is CC(C)(C)[O-].CCOC(=O)CCSc1ccc(Cl)nc1-c1ncccc1F.Clc1ccc2sc3cccnc3c2n1.[K+]. The molecule has 0 aromatic carbocycles. The van der Waals surface area contributed by atoms with Crippen molar-refractivity contribution in [3.63, 3.8) is 0 Å². The largest absolute Gasteiger partial charge is 1.00 e. The molecule has 216 valence electrons. The van der Waals surface area contributed by atoms with Crippen LogP contribution in [0.25, 0.3) is 31.8 Å². The molecule has 0 spiro atoms. The van der Waals surface area contributed by atoms with Crippen LogP contribution in [0.5, 0.6) is 0 Å². The van der Waals surface area contributed by atoms with E-state index in [-0.39, 0.29) is 74.6 Å². The van der Waals surface area contributed by atoms with Crippen molar-refractivity contribution in [1.29, 1.82) is 0 Å². The van der Waals surface area contributed by atoms with E-state index in [0.717, 1.165) is 20.4 Å². The number of rotatable bonds is 6. The number of hydrogen-bond acceptors (Lipinski definition) is 9. The zero-order valence-corrected chi connectivity index (χ0v) is 30.1. The van der Waals surface area contributed by atoms with Gasteiger partial charge < -0.3 is 9.84 Å². The molecule has 0 aliphatic rings. The molecule has 0 amide bonds. The van der Waals surface area contributed by atoms with Gasteiger partial charge >= 0.3 is 57.4 Å². The molecule has 42 heavy (non-hydrogen) atoms. The standard InChI is InChI=1S/C15H14ClFN2O2S.C10H5ClN2S.C4H9O.K/c1-2-21-13(20)7-9-22-11-5-6-12(16)19-15(11)14-10(17)4-3-8-18-14;11-8-4-3-7-10(13-8)9-6(14-7)2-1-5-12-9;1-4(2,3)5;/h3-6,8H,2,7,9H2,1H3;1-5H;1-3H3;/q;;-1;+1. The van der Waals surface area contributed by atoms with Crippen LogP contribution in [0.3, 0.4) is 0 Å². The first-order chi connectivity index (χ1) is 19.5. The van der Waals surface area contributed by atoms with Gasteiger partial charge in [0.15, 0.2) is 5.82 Å². The Morgan fingerprint density at radius 2 is 1.57 bits per heavy atom. The summed E-state index contributed by atoms with van der Waals surface area (Å²) in [5.41, 5.74) is 1.61. The van der Waals surface area contributed by atoms with E-state index in [1.807, 2.05) is 18.2 Å². The Morgan fingerprint density at radius 3 is 2.26 bits per heavy atom. The van der Waals surface area contributed by atoms with Crippen molar-refractivity contribution in [2.75, 3.05) is 12.4 Å². The van der Waals surface area contributed by atoms with Crippen LogP contribution in [-0.4, -0.2) is 43.9 Å². The van der Waals surface area contributed by atoms with Crippen LogP contribution in [0.15, 0.2) is 65.8 Å². The number of fused-ring (bicyclic) bond motifs is 3. The maximum atomic E-state index is 13.9. The van der Waals surface area contributed by atoms with Crippen LogP contribution in [0.2, 0.25) is 10.3 Å². The van der Waals surface area contributed by atoms with Crippen LogP contribution in [0.4, 0.5) is 4.39 Å². The first-order valence-electron chi connectivity index (χ1n) is 12.5. The molecule has 5 rings (SSSR count). The van der Waals surface area contributed by atoms with Gasteiger partial charge in [-0.25, -0.2) is 14.4 Å². The minimum absolute atomic E-state index is 0. The maximum absolute atomic E-state index is 13.9. The van der Waals surface area contributed by atoms with E-state index in [0.29, 0.717) is 28.1 Å². The Morgan fingerprint density at radius 1 is 0.952 bits per heavy atom. The molecule has 0 bridgehead atoms. The number of aromatic nitrogens is 4. The van der Waals surface area contributed by atoms with E-state index in [1.54, 1.807) is 63.4 Å². The molecule has 7 nitrogen and oxygen atoms in total. The van der Waals surface area contributed by atoms with Gasteiger partial charge in [-0.05, 0) is 55.5 Å². The van der Waals surface area contributed by atoms with E-state index in [2.05, 4.69) is 19.9 Å². The number of thioether (sulfide) groups is 1. The van der Waals surface area contributed by atoms with Gasteiger partial charge in [0.05, 0.1) is 22.4 Å². The summed E-state index contributed by atoms with van der Waals surface area (Å²) < 4.78 is 21.1. The molecule has 0 atom stereocenters. The van der Waals surface area contributed by atoms with Crippen molar-refractivity contribution < 1.29 is 70.4 Å². The predicted molar refractivity (Wildman–Crippen MR) is 164 cm³/mol. The molecular formula is C29H28Cl2FKN4O3S2. The second-order valence-corrected chi connectivity index (χ2v) is 12.3. The van der Waals surface area contributed by atoms with E-state index in [9.17, 15) is 14.3 Å². The summed E-state index contributed by atoms with van der Waals surface area (Å²) in [4.78, 5) is 28.8.